The predicted octanol–water partition coefficient (Wildman–Crippen LogP) is 5.49. The van der Waals surface area contributed by atoms with Crippen LogP contribution in [0, 0.1) is 6.92 Å². The minimum atomic E-state index is -5.45. The van der Waals surface area contributed by atoms with Gasteiger partial charge in [-0.3, -0.25) is 0 Å². The largest absolute Gasteiger partial charge is 0.380 e. The fourth-order valence-corrected chi connectivity index (χ4v) is 3.72. The SMILES string of the molecule is Cc1sc(-c2ccc(CN)cc2)cc1C1=CC(F)(F)C(F)(F)C1(F)F. The maximum absolute atomic E-state index is 14.0. The Morgan fingerprint density at radius 1 is 1.00 bits per heavy atom. The lowest BCUT2D eigenvalue weighted by molar-refractivity contribution is -0.257. The molecule has 0 saturated carbocycles. The maximum atomic E-state index is 14.0. The molecule has 0 saturated heterocycles. The molecule has 1 nitrogen and oxygen atoms in total. The van der Waals surface area contributed by atoms with E-state index in [1.54, 1.807) is 24.3 Å². The summed E-state index contributed by atoms with van der Waals surface area (Å²) >= 11 is 1.07. The van der Waals surface area contributed by atoms with Crippen molar-refractivity contribution < 1.29 is 26.3 Å². The fraction of sp³-hybridized carbons (Fsp3) is 0.294. The van der Waals surface area contributed by atoms with Crippen molar-refractivity contribution in [3.05, 3.63) is 52.4 Å². The summed E-state index contributed by atoms with van der Waals surface area (Å²) in [4.78, 5) is 0.781. The third kappa shape index (κ3) is 2.58. The van der Waals surface area contributed by atoms with Gasteiger partial charge < -0.3 is 5.73 Å². The lowest BCUT2D eigenvalue weighted by Crippen LogP contribution is -2.48. The number of halogens is 6. The van der Waals surface area contributed by atoms with E-state index in [4.69, 9.17) is 5.73 Å². The number of hydrogen-bond acceptors (Lipinski definition) is 2. The summed E-state index contributed by atoms with van der Waals surface area (Å²) in [6, 6.07) is 8.16. The van der Waals surface area contributed by atoms with E-state index in [0.717, 1.165) is 16.9 Å². The van der Waals surface area contributed by atoms with Crippen LogP contribution in [-0.2, 0) is 6.54 Å². The summed E-state index contributed by atoms with van der Waals surface area (Å²) < 4.78 is 81.5. The summed E-state index contributed by atoms with van der Waals surface area (Å²) in [7, 11) is 0. The molecule has 134 valence electrons. The van der Waals surface area contributed by atoms with E-state index >= 15 is 0 Å². The second kappa shape index (κ2) is 5.60. The van der Waals surface area contributed by atoms with Crippen molar-refractivity contribution in [2.45, 2.75) is 31.2 Å². The van der Waals surface area contributed by atoms with Crippen LogP contribution in [-0.4, -0.2) is 17.8 Å². The van der Waals surface area contributed by atoms with Gasteiger partial charge in [-0.05, 0) is 29.7 Å². The maximum Gasteiger partial charge on any atom is 0.380 e. The molecule has 0 bridgehead atoms. The topological polar surface area (TPSA) is 26.0 Å². The fourth-order valence-electron chi connectivity index (χ4n) is 2.68. The quantitative estimate of drug-likeness (QED) is 0.704. The van der Waals surface area contributed by atoms with E-state index in [1.807, 2.05) is 0 Å². The van der Waals surface area contributed by atoms with Crippen LogP contribution in [0.4, 0.5) is 26.3 Å². The third-order valence-corrected chi connectivity index (χ3v) is 5.26. The lowest BCUT2D eigenvalue weighted by Gasteiger charge is -2.25. The molecule has 8 heteroatoms. The number of nitrogens with two attached hydrogens (primary N) is 1. The highest BCUT2D eigenvalue weighted by Crippen LogP contribution is 2.59. The highest BCUT2D eigenvalue weighted by Gasteiger charge is 2.76. The molecular weight excluding hydrogens is 364 g/mol. The summed E-state index contributed by atoms with van der Waals surface area (Å²) in [5.41, 5.74) is 5.41. The van der Waals surface area contributed by atoms with Gasteiger partial charge in [0.25, 0.3) is 0 Å². The van der Waals surface area contributed by atoms with E-state index in [9.17, 15) is 26.3 Å². The summed E-state index contributed by atoms with van der Waals surface area (Å²) in [6.07, 6.45) is -0.316. The van der Waals surface area contributed by atoms with Crippen LogP contribution < -0.4 is 5.73 Å². The summed E-state index contributed by atoms with van der Waals surface area (Å²) in [6.45, 7) is 1.77. The Morgan fingerprint density at radius 2 is 1.60 bits per heavy atom. The number of rotatable bonds is 3. The normalized spacial score (nSPS) is 20.6. The van der Waals surface area contributed by atoms with Crippen LogP contribution in [0.1, 0.15) is 16.0 Å². The number of hydrogen-bond donors (Lipinski definition) is 1. The van der Waals surface area contributed by atoms with Gasteiger partial charge >= 0.3 is 17.8 Å². The van der Waals surface area contributed by atoms with Gasteiger partial charge in [-0.2, -0.15) is 26.3 Å². The number of thiophene rings is 1. The minimum Gasteiger partial charge on any atom is -0.326 e. The molecule has 0 aliphatic heterocycles. The van der Waals surface area contributed by atoms with Gasteiger partial charge in [0.2, 0.25) is 0 Å². The first-order valence-corrected chi connectivity index (χ1v) is 8.10. The molecule has 0 radical (unpaired) electrons. The number of aryl methyl sites for hydroxylation is 1. The van der Waals surface area contributed by atoms with Crippen molar-refractivity contribution in [3.63, 3.8) is 0 Å². The van der Waals surface area contributed by atoms with Crippen molar-refractivity contribution in [2.24, 2.45) is 5.73 Å². The zero-order chi connectivity index (χ0) is 18.6. The minimum absolute atomic E-state index is 0.261. The number of alkyl halides is 6. The Morgan fingerprint density at radius 3 is 2.08 bits per heavy atom. The zero-order valence-corrected chi connectivity index (χ0v) is 13.7. The van der Waals surface area contributed by atoms with E-state index in [1.165, 1.54) is 13.0 Å². The van der Waals surface area contributed by atoms with Crippen molar-refractivity contribution >= 4 is 16.9 Å². The second-order valence-electron chi connectivity index (χ2n) is 5.81. The Bertz CT molecular complexity index is 835. The third-order valence-electron chi connectivity index (χ3n) is 4.16. The van der Waals surface area contributed by atoms with Crippen LogP contribution in [0.15, 0.2) is 36.4 Å². The van der Waals surface area contributed by atoms with Crippen LogP contribution in [0.3, 0.4) is 0 Å². The molecule has 0 spiro atoms. The van der Waals surface area contributed by atoms with E-state index in [0.29, 0.717) is 17.0 Å². The first kappa shape index (κ1) is 18.0. The van der Waals surface area contributed by atoms with Crippen molar-refractivity contribution in [2.75, 3.05) is 0 Å². The summed E-state index contributed by atoms with van der Waals surface area (Å²) in [5.74, 6) is -15.3. The standard InChI is InChI=1S/C17H13F6NS/c1-9-12(13-7-15(18,19)17(22,23)16(13,20)21)6-14(25-9)11-4-2-10(8-24)3-5-11/h2-7H,8,24H2,1H3. The molecule has 0 unspecified atom stereocenters. The second-order valence-corrected chi connectivity index (χ2v) is 7.07. The monoisotopic (exact) mass is 377 g/mol. The van der Waals surface area contributed by atoms with Crippen LogP contribution in [0.5, 0.6) is 0 Å². The molecule has 1 heterocycles. The smallest absolute Gasteiger partial charge is 0.326 e. The first-order valence-electron chi connectivity index (χ1n) is 7.28. The number of allylic oxidation sites excluding steroid dienone is 2. The van der Waals surface area contributed by atoms with Gasteiger partial charge in [-0.25, -0.2) is 0 Å². The molecular formula is C17H13F6NS. The summed E-state index contributed by atoms with van der Waals surface area (Å²) in [5, 5.41) is 0. The highest BCUT2D eigenvalue weighted by atomic mass is 32.1. The van der Waals surface area contributed by atoms with Gasteiger partial charge in [0.05, 0.1) is 0 Å². The van der Waals surface area contributed by atoms with E-state index in [2.05, 4.69) is 0 Å². The molecule has 0 fully saturated rings. The Labute approximate surface area is 143 Å². The predicted molar refractivity (Wildman–Crippen MR) is 85.2 cm³/mol. The molecule has 0 atom stereocenters. The Balaban J connectivity index is 2.06. The first-order chi connectivity index (χ1) is 11.5. The molecule has 1 aromatic carbocycles. The van der Waals surface area contributed by atoms with Crippen molar-refractivity contribution in [3.8, 4) is 10.4 Å². The Hall–Kier alpha value is -1.80. The van der Waals surface area contributed by atoms with Gasteiger partial charge in [-0.1, -0.05) is 24.3 Å². The molecule has 1 aromatic heterocycles. The molecule has 3 rings (SSSR count). The zero-order valence-electron chi connectivity index (χ0n) is 12.9. The van der Waals surface area contributed by atoms with E-state index < -0.39 is 23.3 Å². The average molecular weight is 377 g/mol. The Kier molecular flexibility index (Phi) is 4.04. The highest BCUT2D eigenvalue weighted by molar-refractivity contribution is 7.15. The molecule has 2 aromatic rings. The molecule has 0 amide bonds. The molecule has 1 aliphatic carbocycles. The van der Waals surface area contributed by atoms with Gasteiger partial charge in [-0.15, -0.1) is 11.3 Å². The lowest BCUT2D eigenvalue weighted by atomic mass is 10.0. The average Bonchev–Trinajstić information content (AvgIpc) is 2.98. The van der Waals surface area contributed by atoms with Crippen LogP contribution in [0.25, 0.3) is 16.0 Å². The molecule has 1 aliphatic rings. The molecule has 25 heavy (non-hydrogen) atoms. The van der Waals surface area contributed by atoms with Gasteiger partial charge in [0, 0.05) is 27.9 Å². The van der Waals surface area contributed by atoms with Crippen molar-refractivity contribution in [1.29, 1.82) is 0 Å². The van der Waals surface area contributed by atoms with Gasteiger partial charge in [0.1, 0.15) is 0 Å². The van der Waals surface area contributed by atoms with Crippen LogP contribution in [0.2, 0.25) is 0 Å². The van der Waals surface area contributed by atoms with Gasteiger partial charge in [0.15, 0.2) is 0 Å². The molecule has 2 N–H and O–H groups in total. The van der Waals surface area contributed by atoms with Crippen LogP contribution >= 0.6 is 11.3 Å². The van der Waals surface area contributed by atoms with E-state index in [-0.39, 0.29) is 16.5 Å². The van der Waals surface area contributed by atoms with Crippen molar-refractivity contribution in [1.82, 2.24) is 0 Å². The number of benzene rings is 1.